The van der Waals surface area contributed by atoms with Crippen LogP contribution in [0.1, 0.15) is 72.9 Å². The molecule has 122 valence electrons. The number of furan rings is 1. The molecule has 23 heavy (non-hydrogen) atoms. The van der Waals surface area contributed by atoms with Gasteiger partial charge in [-0.25, -0.2) is 4.98 Å². The van der Waals surface area contributed by atoms with E-state index in [0.717, 1.165) is 62.3 Å². The van der Waals surface area contributed by atoms with Gasteiger partial charge in [0.25, 0.3) is 5.91 Å². The van der Waals surface area contributed by atoms with E-state index in [1.165, 1.54) is 0 Å². The zero-order valence-electron chi connectivity index (χ0n) is 13.6. The molecule has 0 aromatic carbocycles. The smallest absolute Gasteiger partial charge is 0.258 e. The first-order valence-electron chi connectivity index (χ1n) is 8.69. The molecule has 1 aliphatic carbocycles. The Morgan fingerprint density at radius 1 is 1.35 bits per heavy atom. The van der Waals surface area contributed by atoms with Crippen molar-refractivity contribution in [3.63, 3.8) is 0 Å². The second-order valence-corrected chi connectivity index (χ2v) is 6.55. The molecule has 0 radical (unpaired) electrons. The normalized spacial score (nSPS) is 21.6. The molecule has 2 aromatic heterocycles. The highest BCUT2D eigenvalue weighted by Crippen LogP contribution is 2.43. The maximum atomic E-state index is 13.1. The quantitative estimate of drug-likeness (QED) is 0.864. The molecule has 0 N–H and O–H groups in total. The van der Waals surface area contributed by atoms with Gasteiger partial charge in [-0.2, -0.15) is 0 Å². The molecule has 1 unspecified atom stereocenters. The van der Waals surface area contributed by atoms with Crippen molar-refractivity contribution in [2.24, 2.45) is 0 Å². The van der Waals surface area contributed by atoms with Crippen LogP contribution in [0.3, 0.4) is 0 Å². The summed E-state index contributed by atoms with van der Waals surface area (Å²) in [6, 6.07) is 1.92. The van der Waals surface area contributed by atoms with Gasteiger partial charge in [0.1, 0.15) is 11.6 Å². The summed E-state index contributed by atoms with van der Waals surface area (Å²) in [5.74, 6) is 2.45. The number of aromatic nitrogens is 2. The number of nitrogens with zero attached hydrogens (tertiary/aromatic N) is 3. The van der Waals surface area contributed by atoms with Crippen LogP contribution in [0.25, 0.3) is 0 Å². The Hall–Kier alpha value is -2.04. The average molecular weight is 313 g/mol. The third-order valence-electron chi connectivity index (χ3n) is 5.02. The molecule has 1 amide bonds. The summed E-state index contributed by atoms with van der Waals surface area (Å²) < 4.78 is 7.75. The number of hydrogen-bond donors (Lipinski definition) is 0. The van der Waals surface area contributed by atoms with E-state index in [-0.39, 0.29) is 11.9 Å². The number of piperidine rings is 1. The summed E-state index contributed by atoms with van der Waals surface area (Å²) >= 11 is 0. The van der Waals surface area contributed by atoms with Crippen molar-refractivity contribution in [2.45, 2.75) is 57.5 Å². The van der Waals surface area contributed by atoms with Crippen LogP contribution in [0.2, 0.25) is 0 Å². The van der Waals surface area contributed by atoms with Crippen LogP contribution in [0, 0.1) is 0 Å². The first-order chi connectivity index (χ1) is 11.3. The van der Waals surface area contributed by atoms with Crippen LogP contribution in [-0.4, -0.2) is 26.9 Å². The van der Waals surface area contributed by atoms with E-state index in [4.69, 9.17) is 4.42 Å². The predicted molar refractivity (Wildman–Crippen MR) is 86.2 cm³/mol. The van der Waals surface area contributed by atoms with Gasteiger partial charge in [0, 0.05) is 31.4 Å². The lowest BCUT2D eigenvalue weighted by molar-refractivity contribution is 0.0593. The summed E-state index contributed by atoms with van der Waals surface area (Å²) in [6.07, 6.45) is 11.0. The number of amides is 1. The standard InChI is InChI=1S/C18H23N3O2/c1-2-20-11-9-19-17(20)15-5-3-4-10-21(15)18(22)14-8-12-23-16(14)13-6-7-13/h8-9,11-13,15H,2-7,10H2,1H3. The Balaban J connectivity index is 1.64. The fraction of sp³-hybridized carbons (Fsp3) is 0.556. The van der Waals surface area contributed by atoms with Gasteiger partial charge in [-0.1, -0.05) is 0 Å². The van der Waals surface area contributed by atoms with E-state index in [1.54, 1.807) is 6.26 Å². The molecule has 5 heteroatoms. The lowest BCUT2D eigenvalue weighted by Crippen LogP contribution is -2.39. The van der Waals surface area contributed by atoms with Crippen LogP contribution >= 0.6 is 0 Å². The highest BCUT2D eigenvalue weighted by Gasteiger charge is 2.36. The van der Waals surface area contributed by atoms with E-state index in [0.29, 0.717) is 5.92 Å². The molecule has 2 aliphatic rings. The second kappa shape index (κ2) is 5.87. The number of imidazole rings is 1. The second-order valence-electron chi connectivity index (χ2n) is 6.55. The lowest BCUT2D eigenvalue weighted by Gasteiger charge is -2.35. The minimum atomic E-state index is 0.0770. The number of rotatable bonds is 4. The Morgan fingerprint density at radius 3 is 3.00 bits per heavy atom. The molecule has 1 saturated carbocycles. The van der Waals surface area contributed by atoms with Crippen molar-refractivity contribution in [1.29, 1.82) is 0 Å². The first kappa shape index (κ1) is 14.5. The highest BCUT2D eigenvalue weighted by atomic mass is 16.3. The maximum Gasteiger partial charge on any atom is 0.258 e. The van der Waals surface area contributed by atoms with E-state index in [1.807, 2.05) is 23.4 Å². The van der Waals surface area contributed by atoms with Gasteiger partial charge in [0.2, 0.25) is 0 Å². The number of likely N-dealkylation sites (tertiary alicyclic amines) is 1. The Kier molecular flexibility index (Phi) is 3.71. The van der Waals surface area contributed by atoms with E-state index in [2.05, 4.69) is 16.5 Å². The van der Waals surface area contributed by atoms with Crippen LogP contribution < -0.4 is 0 Å². The molecule has 1 atom stereocenters. The summed E-state index contributed by atoms with van der Waals surface area (Å²) in [6.45, 7) is 3.80. The SMILES string of the molecule is CCn1ccnc1C1CCCCN1C(=O)c1ccoc1C1CC1. The fourth-order valence-electron chi connectivity index (χ4n) is 3.64. The van der Waals surface area contributed by atoms with Crippen LogP contribution in [0.4, 0.5) is 0 Å². The topological polar surface area (TPSA) is 51.3 Å². The highest BCUT2D eigenvalue weighted by molar-refractivity contribution is 5.95. The van der Waals surface area contributed by atoms with Gasteiger partial charge in [0.15, 0.2) is 0 Å². The van der Waals surface area contributed by atoms with Gasteiger partial charge in [0.05, 0.1) is 17.9 Å². The first-order valence-corrected chi connectivity index (χ1v) is 8.69. The monoisotopic (exact) mass is 313 g/mol. The minimum absolute atomic E-state index is 0.0770. The Labute approximate surface area is 136 Å². The zero-order valence-corrected chi connectivity index (χ0v) is 13.6. The number of carbonyl (C=O) groups excluding carboxylic acids is 1. The van der Waals surface area contributed by atoms with Crippen molar-refractivity contribution >= 4 is 5.91 Å². The molecule has 2 fully saturated rings. The number of hydrogen-bond acceptors (Lipinski definition) is 3. The molecule has 1 aliphatic heterocycles. The molecule has 2 aromatic rings. The molecular formula is C18H23N3O2. The van der Waals surface area contributed by atoms with E-state index in [9.17, 15) is 4.79 Å². The molecular weight excluding hydrogens is 290 g/mol. The van der Waals surface area contributed by atoms with E-state index >= 15 is 0 Å². The maximum absolute atomic E-state index is 13.1. The van der Waals surface area contributed by atoms with Gasteiger partial charge >= 0.3 is 0 Å². The average Bonchev–Trinajstić information content (AvgIpc) is 3.14. The lowest BCUT2D eigenvalue weighted by atomic mass is 9.99. The van der Waals surface area contributed by atoms with Gasteiger partial charge < -0.3 is 13.9 Å². The van der Waals surface area contributed by atoms with E-state index < -0.39 is 0 Å². The molecule has 3 heterocycles. The summed E-state index contributed by atoms with van der Waals surface area (Å²) in [4.78, 5) is 19.7. The van der Waals surface area contributed by atoms with Crippen molar-refractivity contribution in [2.75, 3.05) is 6.54 Å². The summed E-state index contributed by atoms with van der Waals surface area (Å²) in [7, 11) is 0. The van der Waals surface area contributed by atoms with Gasteiger partial charge in [-0.05, 0) is 45.1 Å². The largest absolute Gasteiger partial charge is 0.468 e. The molecule has 1 saturated heterocycles. The third kappa shape index (κ3) is 2.58. The van der Waals surface area contributed by atoms with Crippen LogP contribution in [0.5, 0.6) is 0 Å². The fourth-order valence-corrected chi connectivity index (χ4v) is 3.64. The Bertz CT molecular complexity index is 699. The van der Waals surface area contributed by atoms with Crippen molar-refractivity contribution in [1.82, 2.24) is 14.5 Å². The number of aryl methyl sites for hydroxylation is 1. The number of carbonyl (C=O) groups is 1. The van der Waals surface area contributed by atoms with Crippen molar-refractivity contribution in [3.8, 4) is 0 Å². The van der Waals surface area contributed by atoms with Crippen molar-refractivity contribution in [3.05, 3.63) is 41.9 Å². The van der Waals surface area contributed by atoms with Crippen LogP contribution in [0.15, 0.2) is 29.1 Å². The molecule has 0 spiro atoms. The van der Waals surface area contributed by atoms with Gasteiger partial charge in [-0.15, -0.1) is 0 Å². The predicted octanol–water partition coefficient (Wildman–Crippen LogP) is 3.74. The third-order valence-corrected chi connectivity index (χ3v) is 5.02. The van der Waals surface area contributed by atoms with Crippen molar-refractivity contribution < 1.29 is 9.21 Å². The molecule has 4 rings (SSSR count). The summed E-state index contributed by atoms with van der Waals surface area (Å²) in [5.41, 5.74) is 0.758. The van der Waals surface area contributed by atoms with Crippen LogP contribution in [-0.2, 0) is 6.54 Å². The zero-order chi connectivity index (χ0) is 15.8. The Morgan fingerprint density at radius 2 is 2.22 bits per heavy atom. The molecule has 5 nitrogen and oxygen atoms in total. The van der Waals surface area contributed by atoms with Gasteiger partial charge in [-0.3, -0.25) is 4.79 Å². The molecule has 0 bridgehead atoms. The summed E-state index contributed by atoms with van der Waals surface area (Å²) in [5, 5.41) is 0. The minimum Gasteiger partial charge on any atom is -0.468 e.